The standard InChI is InChI=1S/C14H23N3O3S.ClH/c1-4-9(3)13(15)14(18)17-11-7-6-10(5-2)12(8-11)21(16,19)20;/h6-9,13H,4-5,15H2,1-3H3,(H,17,18)(H2,16,19,20);1H. The van der Waals surface area contributed by atoms with Gasteiger partial charge in [0.1, 0.15) is 0 Å². The van der Waals surface area contributed by atoms with Gasteiger partial charge >= 0.3 is 0 Å². The van der Waals surface area contributed by atoms with Crippen molar-refractivity contribution in [2.75, 3.05) is 5.32 Å². The first-order valence-electron chi connectivity index (χ1n) is 6.92. The van der Waals surface area contributed by atoms with Gasteiger partial charge in [0.05, 0.1) is 10.9 Å². The van der Waals surface area contributed by atoms with Gasteiger partial charge < -0.3 is 11.1 Å². The van der Waals surface area contributed by atoms with Crippen LogP contribution in [-0.2, 0) is 21.2 Å². The summed E-state index contributed by atoms with van der Waals surface area (Å²) in [6.07, 6.45) is 1.32. The second kappa shape index (κ2) is 8.47. The Morgan fingerprint density at radius 2 is 1.91 bits per heavy atom. The molecule has 5 N–H and O–H groups in total. The van der Waals surface area contributed by atoms with Crippen LogP contribution in [-0.4, -0.2) is 20.4 Å². The zero-order chi connectivity index (χ0) is 16.2. The molecule has 0 aliphatic carbocycles. The molecule has 1 aromatic rings. The first-order chi connectivity index (χ1) is 9.70. The molecule has 2 unspecified atom stereocenters. The lowest BCUT2D eigenvalue weighted by Gasteiger charge is -2.18. The first kappa shape index (κ1) is 20.9. The van der Waals surface area contributed by atoms with Crippen molar-refractivity contribution in [1.82, 2.24) is 0 Å². The molecule has 0 saturated carbocycles. The summed E-state index contributed by atoms with van der Waals surface area (Å²) in [5.74, 6) is -0.299. The Bertz CT molecular complexity index is 620. The topological polar surface area (TPSA) is 115 Å². The van der Waals surface area contributed by atoms with Gasteiger partial charge in [-0.2, -0.15) is 0 Å². The number of benzene rings is 1. The highest BCUT2D eigenvalue weighted by Gasteiger charge is 2.20. The van der Waals surface area contributed by atoms with Gasteiger partial charge in [-0.15, -0.1) is 12.4 Å². The van der Waals surface area contributed by atoms with Gasteiger partial charge in [-0.05, 0) is 30.0 Å². The number of amides is 1. The fourth-order valence-corrected chi connectivity index (χ4v) is 2.80. The van der Waals surface area contributed by atoms with Crippen LogP contribution in [0.2, 0.25) is 0 Å². The number of nitrogens with one attached hydrogen (secondary N) is 1. The van der Waals surface area contributed by atoms with Gasteiger partial charge in [0.2, 0.25) is 15.9 Å². The Morgan fingerprint density at radius 1 is 1.32 bits per heavy atom. The number of nitrogens with two attached hydrogens (primary N) is 2. The van der Waals surface area contributed by atoms with Crippen LogP contribution < -0.4 is 16.2 Å². The predicted molar refractivity (Wildman–Crippen MR) is 90.5 cm³/mol. The second-order valence-corrected chi connectivity index (χ2v) is 6.65. The Balaban J connectivity index is 0.00000441. The predicted octanol–water partition coefficient (Wildman–Crippen LogP) is 1.63. The fraction of sp³-hybridized carbons (Fsp3) is 0.500. The van der Waals surface area contributed by atoms with Crippen LogP contribution in [0.15, 0.2) is 23.1 Å². The molecule has 0 radical (unpaired) electrons. The molecule has 2 atom stereocenters. The lowest BCUT2D eigenvalue weighted by molar-refractivity contribution is -0.118. The van der Waals surface area contributed by atoms with Crippen LogP contribution in [0.4, 0.5) is 5.69 Å². The number of primary sulfonamides is 1. The van der Waals surface area contributed by atoms with Gasteiger partial charge in [-0.25, -0.2) is 13.6 Å². The average Bonchev–Trinajstić information content (AvgIpc) is 2.44. The van der Waals surface area contributed by atoms with Crippen LogP contribution in [0.1, 0.15) is 32.8 Å². The molecule has 0 aromatic heterocycles. The Morgan fingerprint density at radius 3 is 2.36 bits per heavy atom. The minimum atomic E-state index is -3.83. The third-order valence-electron chi connectivity index (χ3n) is 3.58. The number of rotatable bonds is 6. The molecular weight excluding hydrogens is 326 g/mol. The van der Waals surface area contributed by atoms with Crippen molar-refractivity contribution in [3.63, 3.8) is 0 Å². The van der Waals surface area contributed by atoms with E-state index in [9.17, 15) is 13.2 Å². The highest BCUT2D eigenvalue weighted by Crippen LogP contribution is 2.21. The molecule has 6 nitrogen and oxygen atoms in total. The quantitative estimate of drug-likeness (QED) is 0.723. The summed E-state index contributed by atoms with van der Waals surface area (Å²) in [5, 5.41) is 7.83. The maximum absolute atomic E-state index is 12.0. The van der Waals surface area contributed by atoms with Crippen molar-refractivity contribution >= 4 is 34.0 Å². The molecule has 1 amide bonds. The van der Waals surface area contributed by atoms with E-state index in [0.717, 1.165) is 6.42 Å². The van der Waals surface area contributed by atoms with E-state index in [-0.39, 0.29) is 29.1 Å². The van der Waals surface area contributed by atoms with Crippen LogP contribution in [0, 0.1) is 5.92 Å². The number of hydrogen-bond acceptors (Lipinski definition) is 4. The summed E-state index contributed by atoms with van der Waals surface area (Å²) < 4.78 is 23.2. The van der Waals surface area contributed by atoms with E-state index < -0.39 is 16.1 Å². The van der Waals surface area contributed by atoms with E-state index in [0.29, 0.717) is 17.7 Å². The van der Waals surface area contributed by atoms with E-state index >= 15 is 0 Å². The number of sulfonamides is 1. The lowest BCUT2D eigenvalue weighted by atomic mass is 9.99. The molecule has 1 rings (SSSR count). The number of aryl methyl sites for hydroxylation is 1. The largest absolute Gasteiger partial charge is 0.325 e. The minimum Gasteiger partial charge on any atom is -0.325 e. The molecule has 1 aromatic carbocycles. The Labute approximate surface area is 138 Å². The summed E-state index contributed by atoms with van der Waals surface area (Å²) in [5.41, 5.74) is 6.83. The summed E-state index contributed by atoms with van der Waals surface area (Å²) in [6, 6.07) is 4.02. The van der Waals surface area contributed by atoms with Gasteiger partial charge in [0.15, 0.2) is 0 Å². The molecular formula is C14H24ClN3O3S. The highest BCUT2D eigenvalue weighted by atomic mass is 35.5. The van der Waals surface area contributed by atoms with Crippen LogP contribution >= 0.6 is 12.4 Å². The van der Waals surface area contributed by atoms with Gasteiger partial charge in [-0.1, -0.05) is 33.3 Å². The maximum atomic E-state index is 12.0. The first-order valence-corrected chi connectivity index (χ1v) is 8.47. The summed E-state index contributed by atoms with van der Waals surface area (Å²) >= 11 is 0. The monoisotopic (exact) mass is 349 g/mol. The molecule has 126 valence electrons. The lowest BCUT2D eigenvalue weighted by Crippen LogP contribution is -2.40. The summed E-state index contributed by atoms with van der Waals surface area (Å²) in [4.78, 5) is 12.0. The zero-order valence-corrected chi connectivity index (χ0v) is 14.6. The van der Waals surface area contributed by atoms with E-state index in [1.165, 1.54) is 6.07 Å². The van der Waals surface area contributed by atoms with Crippen molar-refractivity contribution in [2.45, 2.75) is 44.6 Å². The number of halogens is 1. The van der Waals surface area contributed by atoms with E-state index in [4.69, 9.17) is 10.9 Å². The molecule has 0 bridgehead atoms. The Kier molecular flexibility index (Phi) is 8.03. The minimum absolute atomic E-state index is 0. The van der Waals surface area contributed by atoms with Crippen molar-refractivity contribution < 1.29 is 13.2 Å². The van der Waals surface area contributed by atoms with E-state index in [2.05, 4.69) is 5.32 Å². The number of carbonyl (C=O) groups is 1. The van der Waals surface area contributed by atoms with Crippen LogP contribution in [0.25, 0.3) is 0 Å². The average molecular weight is 350 g/mol. The van der Waals surface area contributed by atoms with Crippen molar-refractivity contribution in [3.05, 3.63) is 23.8 Å². The van der Waals surface area contributed by atoms with Crippen LogP contribution in [0.3, 0.4) is 0 Å². The van der Waals surface area contributed by atoms with Gasteiger partial charge in [0.25, 0.3) is 0 Å². The normalized spacial score (nSPS) is 13.9. The Hall–Kier alpha value is -1.15. The molecule has 0 aliphatic rings. The molecule has 0 fully saturated rings. The van der Waals surface area contributed by atoms with E-state index in [1.54, 1.807) is 12.1 Å². The maximum Gasteiger partial charge on any atom is 0.241 e. The zero-order valence-electron chi connectivity index (χ0n) is 13.0. The number of carbonyl (C=O) groups excluding carboxylic acids is 1. The third kappa shape index (κ3) is 5.24. The van der Waals surface area contributed by atoms with Crippen molar-refractivity contribution in [3.8, 4) is 0 Å². The molecule has 0 heterocycles. The van der Waals surface area contributed by atoms with Crippen LogP contribution in [0.5, 0.6) is 0 Å². The number of hydrogen-bond donors (Lipinski definition) is 3. The number of anilines is 1. The van der Waals surface area contributed by atoms with Crippen molar-refractivity contribution in [2.24, 2.45) is 16.8 Å². The smallest absolute Gasteiger partial charge is 0.241 e. The molecule has 0 saturated heterocycles. The molecule has 8 heteroatoms. The highest BCUT2D eigenvalue weighted by molar-refractivity contribution is 7.89. The van der Waals surface area contributed by atoms with Crippen molar-refractivity contribution in [1.29, 1.82) is 0 Å². The third-order valence-corrected chi connectivity index (χ3v) is 4.57. The summed E-state index contributed by atoms with van der Waals surface area (Å²) in [7, 11) is -3.83. The molecule has 0 spiro atoms. The van der Waals surface area contributed by atoms with Gasteiger partial charge in [0, 0.05) is 5.69 Å². The fourth-order valence-electron chi connectivity index (χ4n) is 1.93. The molecule has 22 heavy (non-hydrogen) atoms. The van der Waals surface area contributed by atoms with E-state index in [1.807, 2.05) is 20.8 Å². The SMILES string of the molecule is CCc1ccc(NC(=O)C(N)C(C)CC)cc1S(N)(=O)=O.Cl. The second-order valence-electron chi connectivity index (χ2n) is 5.12. The van der Waals surface area contributed by atoms with Gasteiger partial charge in [-0.3, -0.25) is 4.79 Å². The molecule has 0 aliphatic heterocycles. The summed E-state index contributed by atoms with van der Waals surface area (Å²) in [6.45, 7) is 5.67.